The predicted molar refractivity (Wildman–Crippen MR) is 140 cm³/mol. The SMILES string of the molecule is CC1(C)CC(=O)C2=C(C1)NC(C)(c1ccc(C(N)=O)c(NCCCCCCCCCCN)c1)C2. The third-order valence-corrected chi connectivity index (χ3v) is 7.32. The first-order valence-electron chi connectivity index (χ1n) is 13.1. The van der Waals surface area contributed by atoms with E-state index in [1.807, 2.05) is 18.2 Å². The molecule has 6 nitrogen and oxygen atoms in total. The third kappa shape index (κ3) is 6.62. The van der Waals surface area contributed by atoms with Crippen molar-refractivity contribution in [3.8, 4) is 0 Å². The molecule has 0 aromatic heterocycles. The smallest absolute Gasteiger partial charge is 0.250 e. The van der Waals surface area contributed by atoms with Crippen molar-refractivity contribution < 1.29 is 9.59 Å². The molecule has 188 valence electrons. The monoisotopic (exact) mass is 468 g/mol. The predicted octanol–water partition coefficient (Wildman–Crippen LogP) is 5.13. The Bertz CT molecular complexity index is 921. The molecule has 1 amide bonds. The van der Waals surface area contributed by atoms with Crippen molar-refractivity contribution in [2.24, 2.45) is 16.9 Å². The van der Waals surface area contributed by atoms with Crippen molar-refractivity contribution >= 4 is 17.4 Å². The van der Waals surface area contributed by atoms with E-state index in [2.05, 4.69) is 31.4 Å². The van der Waals surface area contributed by atoms with Crippen molar-refractivity contribution in [1.82, 2.24) is 5.32 Å². The Morgan fingerprint density at radius 3 is 2.26 bits per heavy atom. The topological polar surface area (TPSA) is 110 Å². The molecule has 1 aromatic rings. The minimum absolute atomic E-state index is 0.0127. The van der Waals surface area contributed by atoms with Gasteiger partial charge in [-0.1, -0.05) is 58.4 Å². The van der Waals surface area contributed by atoms with Gasteiger partial charge < -0.3 is 22.1 Å². The first-order valence-corrected chi connectivity index (χ1v) is 13.1. The summed E-state index contributed by atoms with van der Waals surface area (Å²) in [5.74, 6) is -0.167. The van der Waals surface area contributed by atoms with Gasteiger partial charge in [0.1, 0.15) is 0 Å². The molecule has 2 aliphatic rings. The van der Waals surface area contributed by atoms with E-state index < -0.39 is 5.91 Å². The summed E-state index contributed by atoms with van der Waals surface area (Å²) in [6, 6.07) is 5.83. The van der Waals surface area contributed by atoms with Crippen LogP contribution in [-0.4, -0.2) is 24.8 Å². The van der Waals surface area contributed by atoms with Gasteiger partial charge in [0, 0.05) is 36.3 Å². The zero-order valence-electron chi connectivity index (χ0n) is 21.4. The fraction of sp³-hybridized carbons (Fsp3) is 0.643. The van der Waals surface area contributed by atoms with E-state index in [0.29, 0.717) is 18.4 Å². The van der Waals surface area contributed by atoms with E-state index in [1.54, 1.807) is 0 Å². The standard InChI is InChI=1S/C28H44N4O2/c1-27(2)18-24-22(25(33)19-27)17-28(3,32-24)20-12-13-21(26(30)34)23(16-20)31-15-11-9-7-5-4-6-8-10-14-29/h12-13,16,31-32H,4-11,14-15,17-19,29H2,1-3H3,(H2,30,34). The van der Waals surface area contributed by atoms with Gasteiger partial charge in [0.15, 0.2) is 5.78 Å². The zero-order valence-corrected chi connectivity index (χ0v) is 21.4. The summed E-state index contributed by atoms with van der Waals surface area (Å²) in [7, 11) is 0. The fourth-order valence-electron chi connectivity index (χ4n) is 5.39. The van der Waals surface area contributed by atoms with Crippen LogP contribution < -0.4 is 22.1 Å². The second-order valence-corrected chi connectivity index (χ2v) is 11.2. The summed E-state index contributed by atoms with van der Waals surface area (Å²) in [4.78, 5) is 24.8. The van der Waals surface area contributed by atoms with Crippen LogP contribution in [0.4, 0.5) is 5.69 Å². The Morgan fingerprint density at radius 1 is 0.971 bits per heavy atom. The molecular formula is C28H44N4O2. The number of nitrogens with one attached hydrogen (secondary N) is 2. The minimum Gasteiger partial charge on any atom is -0.384 e. The number of hydrogen-bond acceptors (Lipinski definition) is 5. The van der Waals surface area contributed by atoms with Gasteiger partial charge in [-0.25, -0.2) is 0 Å². The number of ketones is 1. The molecule has 1 aliphatic heterocycles. The molecule has 0 saturated carbocycles. The average Bonchev–Trinajstić information content (AvgIpc) is 3.11. The van der Waals surface area contributed by atoms with Crippen LogP contribution in [0, 0.1) is 5.41 Å². The van der Waals surface area contributed by atoms with Gasteiger partial charge in [-0.3, -0.25) is 9.59 Å². The van der Waals surface area contributed by atoms with E-state index in [9.17, 15) is 9.59 Å². The molecule has 1 atom stereocenters. The number of anilines is 1. The highest BCUT2D eigenvalue weighted by Gasteiger charge is 2.43. The Kier molecular flexibility index (Phi) is 8.80. The van der Waals surface area contributed by atoms with E-state index in [4.69, 9.17) is 11.5 Å². The van der Waals surface area contributed by atoms with Crippen LogP contribution >= 0.6 is 0 Å². The number of amides is 1. The molecule has 6 heteroatoms. The number of Topliss-reactive ketones (excluding diaryl/α,β-unsaturated/α-hetero) is 1. The van der Waals surface area contributed by atoms with E-state index in [1.165, 1.54) is 38.5 Å². The quantitative estimate of drug-likeness (QED) is 0.300. The lowest BCUT2D eigenvalue weighted by Crippen LogP contribution is -2.35. The number of carbonyl (C=O) groups excluding carboxylic acids is 2. The molecule has 0 spiro atoms. The second-order valence-electron chi connectivity index (χ2n) is 11.2. The van der Waals surface area contributed by atoms with Crippen molar-refractivity contribution in [2.75, 3.05) is 18.4 Å². The molecule has 3 rings (SSSR count). The van der Waals surface area contributed by atoms with Crippen LogP contribution in [0.1, 0.15) is 107 Å². The number of nitrogens with two attached hydrogens (primary N) is 2. The summed E-state index contributed by atoms with van der Waals surface area (Å²) in [5.41, 5.74) is 15.2. The molecule has 0 saturated heterocycles. The highest BCUT2D eigenvalue weighted by Crippen LogP contribution is 2.46. The maximum atomic E-state index is 12.8. The molecule has 1 aliphatic carbocycles. The average molecular weight is 469 g/mol. The van der Waals surface area contributed by atoms with Crippen molar-refractivity contribution in [1.29, 1.82) is 0 Å². The maximum absolute atomic E-state index is 12.8. The number of rotatable bonds is 13. The summed E-state index contributed by atoms with van der Waals surface area (Å²) < 4.78 is 0. The summed E-state index contributed by atoms with van der Waals surface area (Å²) in [6.07, 6.45) is 11.8. The molecule has 0 radical (unpaired) electrons. The lowest BCUT2D eigenvalue weighted by Gasteiger charge is -2.31. The number of primary amides is 1. The van der Waals surface area contributed by atoms with Crippen LogP contribution in [-0.2, 0) is 10.3 Å². The molecule has 1 heterocycles. The van der Waals surface area contributed by atoms with E-state index in [-0.39, 0.29) is 16.7 Å². The molecule has 1 unspecified atom stereocenters. The normalized spacial score (nSPS) is 21.4. The van der Waals surface area contributed by atoms with Crippen LogP contribution in [0.3, 0.4) is 0 Å². The Labute approximate surface area is 205 Å². The van der Waals surface area contributed by atoms with Gasteiger partial charge >= 0.3 is 0 Å². The first-order chi connectivity index (χ1) is 16.1. The molecular weight excluding hydrogens is 424 g/mol. The van der Waals surface area contributed by atoms with Crippen molar-refractivity contribution in [3.63, 3.8) is 0 Å². The minimum atomic E-state index is -0.426. The van der Waals surface area contributed by atoms with Crippen LogP contribution in [0.25, 0.3) is 0 Å². The van der Waals surface area contributed by atoms with E-state index in [0.717, 1.165) is 54.9 Å². The van der Waals surface area contributed by atoms with Gasteiger partial charge in [-0.2, -0.15) is 0 Å². The van der Waals surface area contributed by atoms with Gasteiger partial charge in [-0.15, -0.1) is 0 Å². The molecule has 6 N–H and O–H groups in total. The Morgan fingerprint density at radius 2 is 1.62 bits per heavy atom. The van der Waals surface area contributed by atoms with Gasteiger partial charge in [0.2, 0.25) is 0 Å². The third-order valence-electron chi connectivity index (χ3n) is 7.32. The first kappa shape index (κ1) is 26.3. The van der Waals surface area contributed by atoms with Crippen molar-refractivity contribution in [3.05, 3.63) is 40.6 Å². The van der Waals surface area contributed by atoms with Gasteiger partial charge in [-0.05, 0) is 55.8 Å². The van der Waals surface area contributed by atoms with Gasteiger partial charge in [0.05, 0.1) is 11.1 Å². The van der Waals surface area contributed by atoms with Gasteiger partial charge in [0.25, 0.3) is 5.91 Å². The van der Waals surface area contributed by atoms with Crippen LogP contribution in [0.5, 0.6) is 0 Å². The zero-order chi connectivity index (χ0) is 24.8. The summed E-state index contributed by atoms with van der Waals surface area (Å²) in [5, 5.41) is 7.12. The van der Waals surface area contributed by atoms with Crippen molar-refractivity contribution in [2.45, 2.75) is 96.9 Å². The Balaban J connectivity index is 1.58. The number of benzene rings is 1. The number of unbranched alkanes of at least 4 members (excludes halogenated alkanes) is 7. The molecule has 0 bridgehead atoms. The highest BCUT2D eigenvalue weighted by molar-refractivity contribution is 5.99. The number of carbonyl (C=O) groups is 2. The lowest BCUT2D eigenvalue weighted by atomic mass is 9.75. The second kappa shape index (κ2) is 11.4. The molecule has 1 aromatic carbocycles. The fourth-order valence-corrected chi connectivity index (χ4v) is 5.39. The Hall–Kier alpha value is -2.34. The van der Waals surface area contributed by atoms with E-state index >= 15 is 0 Å². The largest absolute Gasteiger partial charge is 0.384 e. The van der Waals surface area contributed by atoms with Crippen LogP contribution in [0.15, 0.2) is 29.5 Å². The highest BCUT2D eigenvalue weighted by atomic mass is 16.1. The summed E-state index contributed by atoms with van der Waals surface area (Å²) in [6.45, 7) is 8.05. The number of allylic oxidation sites excluding steroid dienone is 1. The summed E-state index contributed by atoms with van der Waals surface area (Å²) >= 11 is 0. The number of hydrogen-bond donors (Lipinski definition) is 4. The molecule has 0 fully saturated rings. The molecule has 34 heavy (non-hydrogen) atoms. The maximum Gasteiger partial charge on any atom is 0.250 e. The lowest BCUT2D eigenvalue weighted by molar-refractivity contribution is -0.118. The van der Waals surface area contributed by atoms with Crippen LogP contribution in [0.2, 0.25) is 0 Å².